The van der Waals surface area contributed by atoms with Gasteiger partial charge in [0.25, 0.3) is 0 Å². The quantitative estimate of drug-likeness (QED) is 0.508. The molecule has 5 nitrogen and oxygen atoms in total. The third-order valence-electron chi connectivity index (χ3n) is 3.63. The minimum Gasteiger partial charge on any atom is -0.370 e. The lowest BCUT2D eigenvalue weighted by Crippen LogP contribution is -2.38. The Bertz CT molecular complexity index is 581. The Morgan fingerprint density at radius 3 is 2.73 bits per heavy atom. The van der Waals surface area contributed by atoms with Crippen LogP contribution in [0.3, 0.4) is 0 Å². The van der Waals surface area contributed by atoms with Gasteiger partial charge in [-0.1, -0.05) is 24.8 Å². The van der Waals surface area contributed by atoms with E-state index in [2.05, 4.69) is 21.1 Å². The second kappa shape index (κ2) is 8.08. The Morgan fingerprint density at radius 2 is 2.05 bits per heavy atom. The van der Waals surface area contributed by atoms with Gasteiger partial charge in [-0.15, -0.1) is 6.42 Å². The maximum Gasteiger partial charge on any atom is 0.246 e. The molecule has 2 rings (SSSR count). The Kier molecular flexibility index (Phi) is 5.84. The van der Waals surface area contributed by atoms with Crippen molar-refractivity contribution in [3.8, 4) is 12.3 Å². The second-order valence-electron chi connectivity index (χ2n) is 5.35. The molecular formula is C17H22N4O. The molecule has 1 aliphatic heterocycles. The minimum atomic E-state index is -0.202. The third-order valence-corrected chi connectivity index (χ3v) is 3.63. The van der Waals surface area contributed by atoms with Crippen LogP contribution in [0.2, 0.25) is 0 Å². The molecule has 3 N–H and O–H groups in total. The maximum absolute atomic E-state index is 11.9. The van der Waals surface area contributed by atoms with Gasteiger partial charge in [0.1, 0.15) is 6.54 Å². The number of hydrogen-bond donors (Lipinski definition) is 2. The highest BCUT2D eigenvalue weighted by Crippen LogP contribution is 2.10. The van der Waals surface area contributed by atoms with Gasteiger partial charge in [0.15, 0.2) is 5.96 Å². The number of anilines is 1. The molecule has 0 atom stereocenters. The van der Waals surface area contributed by atoms with E-state index in [9.17, 15) is 4.79 Å². The van der Waals surface area contributed by atoms with Crippen LogP contribution in [0.15, 0.2) is 29.3 Å². The van der Waals surface area contributed by atoms with Gasteiger partial charge < -0.3 is 16.0 Å². The van der Waals surface area contributed by atoms with Crippen molar-refractivity contribution in [3.05, 3.63) is 29.8 Å². The largest absolute Gasteiger partial charge is 0.370 e. The molecule has 0 aromatic heterocycles. The van der Waals surface area contributed by atoms with Gasteiger partial charge >= 0.3 is 0 Å². The van der Waals surface area contributed by atoms with Crippen molar-refractivity contribution < 1.29 is 4.79 Å². The lowest BCUT2D eigenvalue weighted by Gasteiger charge is -2.20. The molecule has 1 aromatic rings. The van der Waals surface area contributed by atoms with E-state index in [-0.39, 0.29) is 12.5 Å². The highest BCUT2D eigenvalue weighted by Gasteiger charge is 2.11. The van der Waals surface area contributed by atoms with Crippen LogP contribution in [0.4, 0.5) is 5.69 Å². The summed E-state index contributed by atoms with van der Waals surface area (Å²) < 4.78 is 0. The van der Waals surface area contributed by atoms with Crippen LogP contribution in [0.1, 0.15) is 31.2 Å². The first-order valence-corrected chi connectivity index (χ1v) is 7.60. The third kappa shape index (κ3) is 4.81. The Hall–Kier alpha value is -2.48. The van der Waals surface area contributed by atoms with E-state index in [0.717, 1.165) is 31.5 Å². The van der Waals surface area contributed by atoms with Gasteiger partial charge in [0.05, 0.1) is 0 Å². The Balaban J connectivity index is 1.88. The van der Waals surface area contributed by atoms with Crippen molar-refractivity contribution in [3.63, 3.8) is 0 Å². The summed E-state index contributed by atoms with van der Waals surface area (Å²) in [6.45, 7) is 1.85. The van der Waals surface area contributed by atoms with Gasteiger partial charge in [-0.2, -0.15) is 0 Å². The lowest BCUT2D eigenvalue weighted by molar-refractivity contribution is -0.114. The van der Waals surface area contributed by atoms with Crippen molar-refractivity contribution in [1.82, 2.24) is 4.90 Å². The number of nitrogens with two attached hydrogens (primary N) is 1. The number of amides is 1. The van der Waals surface area contributed by atoms with Crippen LogP contribution < -0.4 is 11.1 Å². The van der Waals surface area contributed by atoms with Crippen molar-refractivity contribution >= 4 is 17.6 Å². The number of likely N-dealkylation sites (tertiary alicyclic amines) is 1. The van der Waals surface area contributed by atoms with E-state index >= 15 is 0 Å². The molecule has 0 unspecified atom stereocenters. The molecule has 0 radical (unpaired) electrons. The maximum atomic E-state index is 11.9. The fraction of sp³-hybridized carbons (Fsp3) is 0.412. The first-order chi connectivity index (χ1) is 10.7. The summed E-state index contributed by atoms with van der Waals surface area (Å²) in [5, 5.41) is 2.77. The van der Waals surface area contributed by atoms with Crippen LogP contribution >= 0.6 is 0 Å². The number of nitrogens with one attached hydrogen (secondary N) is 1. The number of nitrogens with zero attached hydrogens (tertiary/aromatic N) is 2. The summed E-state index contributed by atoms with van der Waals surface area (Å²) >= 11 is 0. The number of guanidine groups is 1. The monoisotopic (exact) mass is 298 g/mol. The fourth-order valence-electron chi connectivity index (χ4n) is 2.44. The fourth-order valence-corrected chi connectivity index (χ4v) is 2.44. The van der Waals surface area contributed by atoms with Crippen molar-refractivity contribution in [1.29, 1.82) is 0 Å². The summed E-state index contributed by atoms with van der Waals surface area (Å²) in [4.78, 5) is 18.2. The summed E-state index contributed by atoms with van der Waals surface area (Å²) in [7, 11) is 0. The van der Waals surface area contributed by atoms with E-state index in [4.69, 9.17) is 12.2 Å². The van der Waals surface area contributed by atoms with Crippen LogP contribution in [0.25, 0.3) is 0 Å². The zero-order valence-corrected chi connectivity index (χ0v) is 12.7. The molecular weight excluding hydrogens is 276 g/mol. The van der Waals surface area contributed by atoms with Gasteiger partial charge in [0.2, 0.25) is 5.91 Å². The zero-order valence-electron chi connectivity index (χ0n) is 12.7. The standard InChI is InChI=1S/C17H22N4O/c1-2-14-8-7-9-15(12-14)20-16(22)13-19-17(18)21-10-5-3-4-6-11-21/h1,7-9,12H,3-6,10-11,13H2,(H2,18,19)(H,20,22). The van der Waals surface area contributed by atoms with E-state index in [1.807, 2.05) is 6.07 Å². The Labute approximate surface area is 131 Å². The SMILES string of the molecule is C#Cc1cccc(NC(=O)CN=C(N)N2CCCCCC2)c1. The molecule has 116 valence electrons. The van der Waals surface area contributed by atoms with Crippen LogP contribution in [0, 0.1) is 12.3 Å². The first-order valence-electron chi connectivity index (χ1n) is 7.60. The highest BCUT2D eigenvalue weighted by atomic mass is 16.1. The number of terminal acetylenes is 1. The molecule has 1 fully saturated rings. The zero-order chi connectivity index (χ0) is 15.8. The van der Waals surface area contributed by atoms with Gasteiger partial charge in [-0.3, -0.25) is 4.79 Å². The number of aliphatic imine (C=N–C) groups is 1. The number of rotatable bonds is 3. The summed E-state index contributed by atoms with van der Waals surface area (Å²) in [6, 6.07) is 7.16. The molecule has 0 bridgehead atoms. The summed E-state index contributed by atoms with van der Waals surface area (Å²) in [5.41, 5.74) is 7.37. The molecule has 1 saturated heterocycles. The van der Waals surface area contributed by atoms with E-state index in [1.165, 1.54) is 12.8 Å². The molecule has 0 saturated carbocycles. The smallest absolute Gasteiger partial charge is 0.246 e. The number of carbonyl (C=O) groups is 1. The average molecular weight is 298 g/mol. The molecule has 1 aliphatic rings. The van der Waals surface area contributed by atoms with Gasteiger partial charge in [-0.05, 0) is 31.0 Å². The predicted molar refractivity (Wildman–Crippen MR) is 89.5 cm³/mol. The highest BCUT2D eigenvalue weighted by molar-refractivity contribution is 5.94. The van der Waals surface area contributed by atoms with E-state index in [1.54, 1.807) is 18.2 Å². The van der Waals surface area contributed by atoms with E-state index in [0.29, 0.717) is 11.6 Å². The molecule has 5 heteroatoms. The lowest BCUT2D eigenvalue weighted by atomic mass is 10.2. The normalized spacial score (nSPS) is 15.8. The summed E-state index contributed by atoms with van der Waals surface area (Å²) in [5.74, 6) is 2.79. The van der Waals surface area contributed by atoms with Crippen LogP contribution in [0.5, 0.6) is 0 Å². The molecule has 0 aliphatic carbocycles. The molecule has 22 heavy (non-hydrogen) atoms. The first kappa shape index (κ1) is 15.9. The number of carbonyl (C=O) groups excluding carboxylic acids is 1. The summed E-state index contributed by atoms with van der Waals surface area (Å²) in [6.07, 6.45) is 10.1. The Morgan fingerprint density at radius 1 is 1.32 bits per heavy atom. The molecule has 1 heterocycles. The van der Waals surface area contributed by atoms with Gasteiger partial charge in [-0.25, -0.2) is 4.99 Å². The molecule has 0 spiro atoms. The van der Waals surface area contributed by atoms with Crippen LogP contribution in [-0.2, 0) is 4.79 Å². The predicted octanol–water partition coefficient (Wildman–Crippen LogP) is 1.80. The van der Waals surface area contributed by atoms with Crippen LogP contribution in [-0.4, -0.2) is 36.4 Å². The molecule has 1 amide bonds. The topological polar surface area (TPSA) is 70.7 Å². The van der Waals surface area contributed by atoms with Crippen molar-refractivity contribution in [2.24, 2.45) is 10.7 Å². The number of hydrogen-bond acceptors (Lipinski definition) is 2. The second-order valence-corrected chi connectivity index (χ2v) is 5.35. The van der Waals surface area contributed by atoms with Gasteiger partial charge in [0, 0.05) is 24.3 Å². The van der Waals surface area contributed by atoms with Crippen molar-refractivity contribution in [2.45, 2.75) is 25.7 Å². The minimum absolute atomic E-state index is 0.0165. The molecule has 1 aromatic carbocycles. The van der Waals surface area contributed by atoms with E-state index < -0.39 is 0 Å². The number of benzene rings is 1. The van der Waals surface area contributed by atoms with Crippen molar-refractivity contribution in [2.75, 3.05) is 25.0 Å². The average Bonchev–Trinajstić information content (AvgIpc) is 2.82.